The highest BCUT2D eigenvalue weighted by Crippen LogP contribution is 2.20. The van der Waals surface area contributed by atoms with Gasteiger partial charge < -0.3 is 4.98 Å². The molecule has 0 aliphatic rings. The summed E-state index contributed by atoms with van der Waals surface area (Å²) in [7, 11) is 0. The molecule has 3 rings (SSSR count). The van der Waals surface area contributed by atoms with Gasteiger partial charge in [0.15, 0.2) is 0 Å². The number of aromatic amines is 1. The monoisotopic (exact) mass is 334 g/mol. The van der Waals surface area contributed by atoms with Crippen LogP contribution in [0.3, 0.4) is 0 Å². The largest absolute Gasteiger partial charge is 0.306 e. The van der Waals surface area contributed by atoms with Gasteiger partial charge in [0.1, 0.15) is 5.82 Å². The zero-order valence-corrected chi connectivity index (χ0v) is 12.0. The van der Waals surface area contributed by atoms with Gasteiger partial charge in [0.2, 0.25) is 0 Å². The normalized spacial score (nSPS) is 10.8. The highest BCUT2D eigenvalue weighted by Gasteiger charge is 2.06. The van der Waals surface area contributed by atoms with Crippen molar-refractivity contribution in [2.75, 3.05) is 0 Å². The number of nitrogens with zero attached hydrogens (tertiary/aromatic N) is 1. The van der Waals surface area contributed by atoms with E-state index in [2.05, 4.69) is 25.9 Å². The zero-order valence-electron chi connectivity index (χ0n) is 9.65. The molecule has 5 heteroatoms. The fraction of sp³-hybridized carbons (Fsp3) is 0. The Kier molecular flexibility index (Phi) is 3.12. The van der Waals surface area contributed by atoms with Gasteiger partial charge in [-0.2, -0.15) is 0 Å². The number of halogens is 2. The fourth-order valence-corrected chi connectivity index (χ4v) is 2.29. The first-order valence-corrected chi connectivity index (χ1v) is 6.76. The summed E-state index contributed by atoms with van der Waals surface area (Å²) in [4.78, 5) is 19.2. The Morgan fingerprint density at radius 1 is 1.11 bits per heavy atom. The van der Waals surface area contributed by atoms with Gasteiger partial charge in [0.05, 0.1) is 10.9 Å². The van der Waals surface area contributed by atoms with Crippen molar-refractivity contribution in [1.29, 1.82) is 0 Å². The van der Waals surface area contributed by atoms with Crippen molar-refractivity contribution in [1.82, 2.24) is 9.97 Å². The molecule has 0 aliphatic heterocycles. The maximum absolute atomic E-state index is 12.0. The summed E-state index contributed by atoms with van der Waals surface area (Å²) in [6, 6.07) is 12.6. The molecule has 0 spiro atoms. The van der Waals surface area contributed by atoms with Gasteiger partial charge in [-0.3, -0.25) is 4.79 Å². The number of nitrogens with one attached hydrogen (secondary N) is 1. The van der Waals surface area contributed by atoms with Crippen LogP contribution >= 0.6 is 27.5 Å². The molecule has 0 fully saturated rings. The third-order valence-electron chi connectivity index (χ3n) is 2.79. The zero-order chi connectivity index (χ0) is 13.4. The van der Waals surface area contributed by atoms with Gasteiger partial charge in [0, 0.05) is 15.1 Å². The van der Waals surface area contributed by atoms with Gasteiger partial charge in [0.25, 0.3) is 5.56 Å². The first kappa shape index (κ1) is 12.4. The minimum atomic E-state index is -0.167. The second kappa shape index (κ2) is 4.79. The molecule has 0 saturated carbocycles. The van der Waals surface area contributed by atoms with Crippen LogP contribution < -0.4 is 5.56 Å². The van der Waals surface area contributed by atoms with Crippen LogP contribution in [0.1, 0.15) is 0 Å². The van der Waals surface area contributed by atoms with Gasteiger partial charge in [-0.15, -0.1) is 0 Å². The topological polar surface area (TPSA) is 45.8 Å². The van der Waals surface area contributed by atoms with E-state index in [0.29, 0.717) is 21.7 Å². The molecule has 0 bridgehead atoms. The van der Waals surface area contributed by atoms with Gasteiger partial charge in [-0.25, -0.2) is 4.98 Å². The van der Waals surface area contributed by atoms with Gasteiger partial charge >= 0.3 is 0 Å². The molecule has 0 atom stereocenters. The number of fused-ring (bicyclic) bond motifs is 1. The molecule has 19 heavy (non-hydrogen) atoms. The van der Waals surface area contributed by atoms with E-state index in [1.807, 2.05) is 24.3 Å². The Morgan fingerprint density at radius 3 is 2.58 bits per heavy atom. The Hall–Kier alpha value is -1.65. The number of benzene rings is 2. The molecule has 0 aliphatic carbocycles. The molecular formula is C14H8BrClN2O. The quantitative estimate of drug-likeness (QED) is 0.730. The SMILES string of the molecule is O=c1[nH]c(-c2ccc(Br)cc2)nc2cc(Cl)ccc12. The van der Waals surface area contributed by atoms with Crippen LogP contribution in [0.5, 0.6) is 0 Å². The molecule has 1 aromatic heterocycles. The van der Waals surface area contributed by atoms with Crippen molar-refractivity contribution in [3.63, 3.8) is 0 Å². The van der Waals surface area contributed by atoms with Crippen molar-refractivity contribution in [2.24, 2.45) is 0 Å². The summed E-state index contributed by atoms with van der Waals surface area (Å²) in [5.41, 5.74) is 1.27. The first-order valence-electron chi connectivity index (χ1n) is 5.59. The van der Waals surface area contributed by atoms with Crippen molar-refractivity contribution in [3.8, 4) is 11.4 Å². The molecule has 0 unspecified atom stereocenters. The molecule has 1 heterocycles. The lowest BCUT2D eigenvalue weighted by atomic mass is 10.2. The maximum Gasteiger partial charge on any atom is 0.259 e. The van der Waals surface area contributed by atoms with Crippen LogP contribution in [0.4, 0.5) is 0 Å². The van der Waals surface area contributed by atoms with Crippen LogP contribution in [-0.2, 0) is 0 Å². The van der Waals surface area contributed by atoms with E-state index in [0.717, 1.165) is 10.0 Å². The highest BCUT2D eigenvalue weighted by atomic mass is 79.9. The van der Waals surface area contributed by atoms with Crippen molar-refractivity contribution in [3.05, 3.63) is 62.3 Å². The average Bonchev–Trinajstić information content (AvgIpc) is 2.38. The van der Waals surface area contributed by atoms with Crippen LogP contribution in [-0.4, -0.2) is 9.97 Å². The van der Waals surface area contributed by atoms with E-state index in [1.165, 1.54) is 0 Å². The first-order chi connectivity index (χ1) is 9.13. The number of hydrogen-bond donors (Lipinski definition) is 1. The standard InChI is InChI=1S/C14H8BrClN2O/c15-9-3-1-8(2-4-9)13-17-12-7-10(16)5-6-11(12)14(19)18-13/h1-7H,(H,17,18,19). The second-order valence-electron chi connectivity index (χ2n) is 4.08. The summed E-state index contributed by atoms with van der Waals surface area (Å²) in [5.74, 6) is 0.535. The summed E-state index contributed by atoms with van der Waals surface area (Å²) in [5, 5.41) is 1.10. The highest BCUT2D eigenvalue weighted by molar-refractivity contribution is 9.10. The van der Waals surface area contributed by atoms with Crippen LogP contribution in [0, 0.1) is 0 Å². The number of H-pyrrole nitrogens is 1. The van der Waals surface area contributed by atoms with E-state index in [-0.39, 0.29) is 5.56 Å². The molecule has 94 valence electrons. The lowest BCUT2D eigenvalue weighted by Gasteiger charge is -2.03. The number of hydrogen-bond acceptors (Lipinski definition) is 2. The molecular weight excluding hydrogens is 328 g/mol. The Bertz CT molecular complexity index is 812. The molecule has 0 saturated heterocycles. The van der Waals surface area contributed by atoms with Gasteiger partial charge in [-0.05, 0) is 30.3 Å². The van der Waals surface area contributed by atoms with E-state index in [9.17, 15) is 4.79 Å². The second-order valence-corrected chi connectivity index (χ2v) is 5.44. The van der Waals surface area contributed by atoms with Crippen molar-refractivity contribution in [2.45, 2.75) is 0 Å². The van der Waals surface area contributed by atoms with Gasteiger partial charge in [-0.1, -0.05) is 39.7 Å². The molecule has 0 amide bonds. The summed E-state index contributed by atoms with van der Waals surface area (Å²) in [6.07, 6.45) is 0. The predicted molar refractivity (Wildman–Crippen MR) is 80.5 cm³/mol. The Balaban J connectivity index is 2.25. The number of aromatic nitrogens is 2. The minimum absolute atomic E-state index is 0.167. The summed E-state index contributed by atoms with van der Waals surface area (Å²) >= 11 is 9.30. The molecule has 2 aromatic carbocycles. The summed E-state index contributed by atoms with van der Waals surface area (Å²) in [6.45, 7) is 0. The van der Waals surface area contributed by atoms with Crippen LogP contribution in [0.25, 0.3) is 22.3 Å². The smallest absolute Gasteiger partial charge is 0.259 e. The fourth-order valence-electron chi connectivity index (χ4n) is 1.86. The Labute approximate surface area is 122 Å². The third kappa shape index (κ3) is 2.41. The average molecular weight is 336 g/mol. The van der Waals surface area contributed by atoms with Crippen LogP contribution in [0.2, 0.25) is 5.02 Å². The van der Waals surface area contributed by atoms with Crippen LogP contribution in [0.15, 0.2) is 51.7 Å². The minimum Gasteiger partial charge on any atom is -0.306 e. The molecule has 0 radical (unpaired) electrons. The van der Waals surface area contributed by atoms with E-state index in [1.54, 1.807) is 18.2 Å². The summed E-state index contributed by atoms with van der Waals surface area (Å²) < 4.78 is 0.974. The maximum atomic E-state index is 12.0. The molecule has 3 aromatic rings. The molecule has 1 N–H and O–H groups in total. The molecule has 3 nitrogen and oxygen atoms in total. The predicted octanol–water partition coefficient (Wildman–Crippen LogP) is 4.01. The van der Waals surface area contributed by atoms with E-state index >= 15 is 0 Å². The lowest BCUT2D eigenvalue weighted by Crippen LogP contribution is -2.09. The number of rotatable bonds is 1. The van der Waals surface area contributed by atoms with E-state index in [4.69, 9.17) is 11.6 Å². The van der Waals surface area contributed by atoms with E-state index < -0.39 is 0 Å². The van der Waals surface area contributed by atoms with Crippen molar-refractivity contribution < 1.29 is 0 Å². The Morgan fingerprint density at radius 2 is 1.84 bits per heavy atom. The van der Waals surface area contributed by atoms with Crippen molar-refractivity contribution >= 4 is 38.4 Å². The third-order valence-corrected chi connectivity index (χ3v) is 3.55. The lowest BCUT2D eigenvalue weighted by molar-refractivity contribution is 1.18.